The molecule has 52 valence electrons. The summed E-state index contributed by atoms with van der Waals surface area (Å²) in [5, 5.41) is 0.597. The lowest BCUT2D eigenvalue weighted by Gasteiger charge is -1.84. The van der Waals surface area contributed by atoms with Crippen molar-refractivity contribution in [3.63, 3.8) is 0 Å². The smallest absolute Gasteiger partial charge is 0.123 e. The molecule has 0 aromatic rings. The number of nitrogens with zero attached hydrogens (tertiary/aromatic N) is 1. The highest BCUT2D eigenvalue weighted by atomic mass is 35.5. The van der Waals surface area contributed by atoms with Crippen molar-refractivity contribution in [3.8, 4) is 0 Å². The molecule has 0 fully saturated rings. The molecule has 0 N–H and O–H groups in total. The molecule has 1 nitrogen and oxygen atoms in total. The molecule has 0 heterocycles. The van der Waals surface area contributed by atoms with Gasteiger partial charge < -0.3 is 0 Å². The second-order valence-corrected chi connectivity index (χ2v) is 1.99. The van der Waals surface area contributed by atoms with Crippen molar-refractivity contribution in [3.05, 3.63) is 12.2 Å². The number of hydrogen-bond donors (Lipinski definition) is 0. The quantitative estimate of drug-likeness (QED) is 0.542. The first-order valence-electron chi connectivity index (χ1n) is 3.17. The Hall–Kier alpha value is -0.300. The Labute approximate surface area is 61.4 Å². The molecule has 0 aliphatic carbocycles. The average molecular weight is 146 g/mol. The van der Waals surface area contributed by atoms with Crippen LogP contribution in [0.1, 0.15) is 20.3 Å². The summed E-state index contributed by atoms with van der Waals surface area (Å²) in [6.07, 6.45) is 4.82. The lowest BCUT2D eigenvalue weighted by molar-refractivity contribution is 1.14. The van der Waals surface area contributed by atoms with Gasteiger partial charge in [0.25, 0.3) is 0 Å². The molecular weight excluding hydrogens is 134 g/mol. The van der Waals surface area contributed by atoms with E-state index in [1.807, 2.05) is 19.1 Å². The number of aliphatic imine (C=N–C) groups is 1. The van der Waals surface area contributed by atoms with Gasteiger partial charge in [0.1, 0.15) is 5.17 Å². The first kappa shape index (κ1) is 8.70. The minimum Gasteiger partial charge on any atom is -0.273 e. The van der Waals surface area contributed by atoms with Crippen LogP contribution < -0.4 is 0 Å². The summed E-state index contributed by atoms with van der Waals surface area (Å²) in [6.45, 7) is 4.78. The highest BCUT2D eigenvalue weighted by Crippen LogP contribution is 1.89. The minimum atomic E-state index is 0.597. The first-order chi connectivity index (χ1) is 4.31. The standard InChI is InChI=1S/C7H12ClN/c1-3-5-6-7(8)9-4-2/h5-6H,3-4H2,1-2H3/b6-5-,9-7?. The van der Waals surface area contributed by atoms with E-state index >= 15 is 0 Å². The van der Waals surface area contributed by atoms with Gasteiger partial charge in [0.15, 0.2) is 0 Å². The Bertz CT molecular complexity index is 116. The van der Waals surface area contributed by atoms with E-state index in [0.717, 1.165) is 13.0 Å². The molecule has 0 radical (unpaired) electrons. The van der Waals surface area contributed by atoms with Crippen LogP contribution in [-0.4, -0.2) is 11.7 Å². The zero-order valence-electron chi connectivity index (χ0n) is 5.89. The molecule has 2 heteroatoms. The van der Waals surface area contributed by atoms with Crippen molar-refractivity contribution in [1.82, 2.24) is 0 Å². The van der Waals surface area contributed by atoms with Crippen LogP contribution in [0.25, 0.3) is 0 Å². The SMILES string of the molecule is CC/C=C\C(Cl)=NCC. The van der Waals surface area contributed by atoms with Crippen LogP contribution in [0, 0.1) is 0 Å². The van der Waals surface area contributed by atoms with E-state index < -0.39 is 0 Å². The normalized spacial score (nSPS) is 13.0. The fourth-order valence-electron chi connectivity index (χ4n) is 0.419. The summed E-state index contributed by atoms with van der Waals surface area (Å²) in [5.74, 6) is 0. The molecule has 0 aromatic carbocycles. The van der Waals surface area contributed by atoms with E-state index in [1.54, 1.807) is 0 Å². The summed E-state index contributed by atoms with van der Waals surface area (Å²) < 4.78 is 0. The molecule has 0 saturated heterocycles. The summed E-state index contributed by atoms with van der Waals surface area (Å²) in [4.78, 5) is 3.96. The van der Waals surface area contributed by atoms with Crippen LogP contribution in [0.5, 0.6) is 0 Å². The molecule has 0 aliphatic heterocycles. The van der Waals surface area contributed by atoms with Crippen LogP contribution in [0.2, 0.25) is 0 Å². The highest BCUT2D eigenvalue weighted by molar-refractivity contribution is 6.68. The molecule has 0 bridgehead atoms. The van der Waals surface area contributed by atoms with Crippen molar-refractivity contribution < 1.29 is 0 Å². The van der Waals surface area contributed by atoms with Gasteiger partial charge in [0.05, 0.1) is 0 Å². The van der Waals surface area contributed by atoms with Crippen molar-refractivity contribution >= 4 is 16.8 Å². The van der Waals surface area contributed by atoms with Gasteiger partial charge >= 0.3 is 0 Å². The molecule has 0 spiro atoms. The first-order valence-corrected chi connectivity index (χ1v) is 3.55. The number of hydrogen-bond acceptors (Lipinski definition) is 1. The van der Waals surface area contributed by atoms with Crippen LogP contribution in [-0.2, 0) is 0 Å². The van der Waals surface area contributed by atoms with Gasteiger partial charge in [-0.1, -0.05) is 24.6 Å². The van der Waals surface area contributed by atoms with Gasteiger partial charge in [0.2, 0.25) is 0 Å². The fourth-order valence-corrected chi connectivity index (χ4v) is 0.627. The Balaban J connectivity index is 3.60. The molecule has 0 amide bonds. The number of rotatable bonds is 3. The minimum absolute atomic E-state index is 0.597. The second kappa shape index (κ2) is 5.83. The predicted octanol–water partition coefficient (Wildman–Crippen LogP) is 2.61. The maximum absolute atomic E-state index is 5.62. The molecule has 0 atom stereocenters. The van der Waals surface area contributed by atoms with Gasteiger partial charge in [0, 0.05) is 6.54 Å². The Kier molecular flexibility index (Phi) is 5.64. The van der Waals surface area contributed by atoms with Crippen molar-refractivity contribution in [1.29, 1.82) is 0 Å². The van der Waals surface area contributed by atoms with Crippen LogP contribution in [0.3, 0.4) is 0 Å². The summed E-state index contributed by atoms with van der Waals surface area (Å²) in [6, 6.07) is 0. The fraction of sp³-hybridized carbons (Fsp3) is 0.571. The molecular formula is C7H12ClN. The van der Waals surface area contributed by atoms with Crippen molar-refractivity contribution in [2.45, 2.75) is 20.3 Å². The Morgan fingerprint density at radius 1 is 1.56 bits per heavy atom. The molecule has 0 aliphatic rings. The highest BCUT2D eigenvalue weighted by Gasteiger charge is 1.80. The average Bonchev–Trinajstić information content (AvgIpc) is 1.85. The summed E-state index contributed by atoms with van der Waals surface area (Å²) in [7, 11) is 0. The molecule has 0 saturated carbocycles. The lowest BCUT2D eigenvalue weighted by Crippen LogP contribution is -1.80. The lowest BCUT2D eigenvalue weighted by atomic mass is 10.4. The number of allylic oxidation sites excluding steroid dienone is 2. The van der Waals surface area contributed by atoms with E-state index in [4.69, 9.17) is 11.6 Å². The van der Waals surface area contributed by atoms with Gasteiger partial charge in [-0.15, -0.1) is 0 Å². The molecule has 0 aromatic heterocycles. The summed E-state index contributed by atoms with van der Waals surface area (Å²) >= 11 is 5.62. The largest absolute Gasteiger partial charge is 0.273 e. The zero-order valence-corrected chi connectivity index (χ0v) is 6.65. The monoisotopic (exact) mass is 145 g/mol. The van der Waals surface area contributed by atoms with E-state index in [0.29, 0.717) is 5.17 Å². The van der Waals surface area contributed by atoms with Gasteiger partial charge in [-0.25, -0.2) is 0 Å². The third kappa shape index (κ3) is 5.57. The third-order valence-corrected chi connectivity index (χ3v) is 1.05. The summed E-state index contributed by atoms with van der Waals surface area (Å²) in [5.41, 5.74) is 0. The zero-order chi connectivity index (χ0) is 7.11. The molecule has 0 rings (SSSR count). The van der Waals surface area contributed by atoms with E-state index in [-0.39, 0.29) is 0 Å². The van der Waals surface area contributed by atoms with Gasteiger partial charge in [-0.3, -0.25) is 4.99 Å². The van der Waals surface area contributed by atoms with Crippen LogP contribution in [0.4, 0.5) is 0 Å². The topological polar surface area (TPSA) is 12.4 Å². The molecule has 0 unspecified atom stereocenters. The number of halogens is 1. The third-order valence-electron chi connectivity index (χ3n) is 0.800. The van der Waals surface area contributed by atoms with E-state index in [9.17, 15) is 0 Å². The second-order valence-electron chi connectivity index (χ2n) is 1.61. The van der Waals surface area contributed by atoms with Gasteiger partial charge in [-0.2, -0.15) is 0 Å². The maximum Gasteiger partial charge on any atom is 0.123 e. The molecule has 9 heavy (non-hydrogen) atoms. The van der Waals surface area contributed by atoms with E-state index in [1.165, 1.54) is 0 Å². The Morgan fingerprint density at radius 3 is 2.67 bits per heavy atom. The van der Waals surface area contributed by atoms with Crippen molar-refractivity contribution in [2.75, 3.05) is 6.54 Å². The maximum atomic E-state index is 5.62. The predicted molar refractivity (Wildman–Crippen MR) is 43.3 cm³/mol. The van der Waals surface area contributed by atoms with Crippen molar-refractivity contribution in [2.24, 2.45) is 4.99 Å². The van der Waals surface area contributed by atoms with E-state index in [2.05, 4.69) is 11.9 Å². The Morgan fingerprint density at radius 2 is 2.22 bits per heavy atom. The van der Waals surface area contributed by atoms with Crippen LogP contribution >= 0.6 is 11.6 Å². The van der Waals surface area contributed by atoms with Crippen LogP contribution in [0.15, 0.2) is 17.1 Å². The van der Waals surface area contributed by atoms with Gasteiger partial charge in [-0.05, 0) is 19.4 Å².